The van der Waals surface area contributed by atoms with Crippen molar-refractivity contribution in [3.05, 3.63) is 24.3 Å². The van der Waals surface area contributed by atoms with Crippen LogP contribution in [-0.4, -0.2) is 18.1 Å². The molecule has 0 aliphatic heterocycles. The molecule has 0 fully saturated rings. The standard InChI is InChI=1S/C14H19N3O2/c1-3-8-14(2,16)13(18)17-11-4-6-12(7-5-11)19-10-9-15/h4-7H,3,8,10,16H2,1-2H3,(H,17,18). The Hall–Kier alpha value is -2.06. The van der Waals surface area contributed by atoms with Gasteiger partial charge in [-0.15, -0.1) is 0 Å². The Labute approximate surface area is 113 Å². The second-order valence-corrected chi connectivity index (χ2v) is 4.59. The molecule has 102 valence electrons. The maximum atomic E-state index is 12.0. The van der Waals surface area contributed by atoms with E-state index in [1.165, 1.54) is 0 Å². The summed E-state index contributed by atoms with van der Waals surface area (Å²) < 4.78 is 5.12. The molecule has 0 saturated heterocycles. The maximum absolute atomic E-state index is 12.0. The number of ether oxygens (including phenoxy) is 1. The number of carbonyl (C=O) groups is 1. The average molecular weight is 261 g/mol. The Kier molecular flexibility index (Phi) is 5.34. The normalized spacial score (nSPS) is 13.2. The fraction of sp³-hybridized carbons (Fsp3) is 0.429. The summed E-state index contributed by atoms with van der Waals surface area (Å²) in [7, 11) is 0. The lowest BCUT2D eigenvalue weighted by atomic mass is 9.96. The molecule has 1 atom stereocenters. The van der Waals surface area contributed by atoms with Crippen LogP contribution in [0.4, 0.5) is 5.69 Å². The molecule has 19 heavy (non-hydrogen) atoms. The van der Waals surface area contributed by atoms with Gasteiger partial charge in [0.15, 0.2) is 6.61 Å². The van der Waals surface area contributed by atoms with Gasteiger partial charge in [-0.05, 0) is 37.6 Å². The number of anilines is 1. The Morgan fingerprint density at radius 1 is 1.47 bits per heavy atom. The van der Waals surface area contributed by atoms with Crippen LogP contribution in [0.3, 0.4) is 0 Å². The van der Waals surface area contributed by atoms with Crippen LogP contribution in [0.1, 0.15) is 26.7 Å². The van der Waals surface area contributed by atoms with Crippen LogP contribution in [0.5, 0.6) is 5.75 Å². The van der Waals surface area contributed by atoms with Crippen LogP contribution in [-0.2, 0) is 4.79 Å². The summed E-state index contributed by atoms with van der Waals surface area (Å²) in [6.07, 6.45) is 1.48. The number of nitrogens with one attached hydrogen (secondary N) is 1. The van der Waals surface area contributed by atoms with Crippen molar-refractivity contribution in [3.8, 4) is 11.8 Å². The molecule has 0 radical (unpaired) electrons. The van der Waals surface area contributed by atoms with Gasteiger partial charge in [0.1, 0.15) is 11.8 Å². The van der Waals surface area contributed by atoms with Gasteiger partial charge in [-0.3, -0.25) is 4.79 Å². The molecule has 1 aromatic carbocycles. The predicted molar refractivity (Wildman–Crippen MR) is 73.7 cm³/mol. The van der Waals surface area contributed by atoms with Crippen molar-refractivity contribution >= 4 is 11.6 Å². The van der Waals surface area contributed by atoms with E-state index in [1.54, 1.807) is 31.2 Å². The first-order valence-electron chi connectivity index (χ1n) is 6.19. The highest BCUT2D eigenvalue weighted by Crippen LogP contribution is 2.17. The van der Waals surface area contributed by atoms with Crippen LogP contribution in [0.2, 0.25) is 0 Å². The Balaban J connectivity index is 2.63. The largest absolute Gasteiger partial charge is 0.479 e. The molecule has 0 bridgehead atoms. The third-order valence-electron chi connectivity index (χ3n) is 2.70. The fourth-order valence-corrected chi connectivity index (χ4v) is 1.66. The number of benzene rings is 1. The topological polar surface area (TPSA) is 88.1 Å². The first kappa shape index (κ1) is 15.0. The summed E-state index contributed by atoms with van der Waals surface area (Å²) in [5.41, 5.74) is 5.73. The van der Waals surface area contributed by atoms with Crippen molar-refractivity contribution in [2.75, 3.05) is 11.9 Å². The molecule has 1 rings (SSSR count). The number of rotatable bonds is 6. The molecular formula is C14H19N3O2. The van der Waals surface area contributed by atoms with Gasteiger partial charge in [-0.25, -0.2) is 0 Å². The van der Waals surface area contributed by atoms with Gasteiger partial charge in [0.2, 0.25) is 5.91 Å². The van der Waals surface area contributed by atoms with E-state index in [0.717, 1.165) is 6.42 Å². The van der Waals surface area contributed by atoms with Crippen LogP contribution in [0.15, 0.2) is 24.3 Å². The van der Waals surface area contributed by atoms with Crippen LogP contribution < -0.4 is 15.8 Å². The highest BCUT2D eigenvalue weighted by atomic mass is 16.5. The Morgan fingerprint density at radius 2 is 2.11 bits per heavy atom. The number of hydrogen-bond donors (Lipinski definition) is 2. The molecule has 5 nitrogen and oxygen atoms in total. The minimum absolute atomic E-state index is 0.00305. The predicted octanol–water partition coefficient (Wildman–Crippen LogP) is 2.04. The Morgan fingerprint density at radius 3 is 2.63 bits per heavy atom. The van der Waals surface area contributed by atoms with E-state index in [9.17, 15) is 4.79 Å². The van der Waals surface area contributed by atoms with Crippen molar-refractivity contribution in [1.29, 1.82) is 5.26 Å². The monoisotopic (exact) mass is 261 g/mol. The summed E-state index contributed by atoms with van der Waals surface area (Å²) in [4.78, 5) is 12.0. The van der Waals surface area contributed by atoms with Crippen molar-refractivity contribution in [3.63, 3.8) is 0 Å². The third kappa shape index (κ3) is 4.60. The van der Waals surface area contributed by atoms with E-state index in [0.29, 0.717) is 17.9 Å². The zero-order valence-corrected chi connectivity index (χ0v) is 11.3. The van der Waals surface area contributed by atoms with E-state index in [4.69, 9.17) is 15.7 Å². The van der Waals surface area contributed by atoms with Crippen LogP contribution >= 0.6 is 0 Å². The van der Waals surface area contributed by atoms with E-state index in [2.05, 4.69) is 5.32 Å². The van der Waals surface area contributed by atoms with Crippen molar-refractivity contribution in [2.24, 2.45) is 5.73 Å². The van der Waals surface area contributed by atoms with E-state index in [1.807, 2.05) is 13.0 Å². The SMILES string of the molecule is CCCC(C)(N)C(=O)Nc1ccc(OCC#N)cc1. The molecular weight excluding hydrogens is 242 g/mol. The molecule has 5 heteroatoms. The zero-order valence-electron chi connectivity index (χ0n) is 11.3. The van der Waals surface area contributed by atoms with Crippen molar-refractivity contribution < 1.29 is 9.53 Å². The molecule has 0 aliphatic carbocycles. The van der Waals surface area contributed by atoms with Gasteiger partial charge in [-0.2, -0.15) is 5.26 Å². The second-order valence-electron chi connectivity index (χ2n) is 4.59. The van der Waals surface area contributed by atoms with Crippen molar-refractivity contribution in [2.45, 2.75) is 32.2 Å². The summed E-state index contributed by atoms with van der Waals surface area (Å²) in [5.74, 6) is 0.378. The molecule has 1 amide bonds. The maximum Gasteiger partial charge on any atom is 0.244 e. The summed E-state index contributed by atoms with van der Waals surface area (Å²) in [6.45, 7) is 3.71. The summed E-state index contributed by atoms with van der Waals surface area (Å²) in [6, 6.07) is 8.71. The first-order chi connectivity index (χ1) is 8.99. The quantitative estimate of drug-likeness (QED) is 0.820. The van der Waals surface area contributed by atoms with Gasteiger partial charge < -0.3 is 15.8 Å². The molecule has 1 aromatic rings. The number of amides is 1. The molecule has 3 N–H and O–H groups in total. The van der Waals surface area contributed by atoms with E-state index in [-0.39, 0.29) is 12.5 Å². The zero-order chi connectivity index (χ0) is 14.3. The number of hydrogen-bond acceptors (Lipinski definition) is 4. The van der Waals surface area contributed by atoms with Gasteiger partial charge >= 0.3 is 0 Å². The van der Waals surface area contributed by atoms with E-state index < -0.39 is 5.54 Å². The average Bonchev–Trinajstić information content (AvgIpc) is 2.38. The highest BCUT2D eigenvalue weighted by Gasteiger charge is 2.26. The smallest absolute Gasteiger partial charge is 0.244 e. The van der Waals surface area contributed by atoms with Gasteiger partial charge in [0, 0.05) is 5.69 Å². The van der Waals surface area contributed by atoms with Gasteiger partial charge in [-0.1, -0.05) is 13.3 Å². The Bertz CT molecular complexity index is 461. The highest BCUT2D eigenvalue weighted by molar-refractivity contribution is 5.97. The minimum Gasteiger partial charge on any atom is -0.479 e. The van der Waals surface area contributed by atoms with E-state index >= 15 is 0 Å². The van der Waals surface area contributed by atoms with Crippen molar-refractivity contribution in [1.82, 2.24) is 0 Å². The molecule has 0 aliphatic rings. The lowest BCUT2D eigenvalue weighted by Crippen LogP contribution is -2.48. The van der Waals surface area contributed by atoms with Gasteiger partial charge in [0.25, 0.3) is 0 Å². The molecule has 1 unspecified atom stereocenters. The molecule has 0 saturated carbocycles. The molecule has 0 spiro atoms. The summed E-state index contributed by atoms with van der Waals surface area (Å²) in [5, 5.41) is 11.2. The van der Waals surface area contributed by atoms with Crippen LogP contribution in [0.25, 0.3) is 0 Å². The number of nitrogens with two attached hydrogens (primary N) is 1. The summed E-state index contributed by atoms with van der Waals surface area (Å²) >= 11 is 0. The lowest BCUT2D eigenvalue weighted by molar-refractivity contribution is -0.120. The lowest BCUT2D eigenvalue weighted by Gasteiger charge is -2.22. The fourth-order valence-electron chi connectivity index (χ4n) is 1.66. The number of carbonyl (C=O) groups excluding carboxylic acids is 1. The third-order valence-corrected chi connectivity index (χ3v) is 2.70. The number of nitriles is 1. The number of nitrogens with zero attached hydrogens (tertiary/aromatic N) is 1. The molecule has 0 heterocycles. The van der Waals surface area contributed by atoms with Gasteiger partial charge in [0.05, 0.1) is 5.54 Å². The minimum atomic E-state index is -0.870. The second kappa shape index (κ2) is 6.76. The van der Waals surface area contributed by atoms with Crippen LogP contribution in [0, 0.1) is 11.3 Å². The molecule has 0 aromatic heterocycles. The first-order valence-corrected chi connectivity index (χ1v) is 6.19.